The zero-order valence-corrected chi connectivity index (χ0v) is 6.71. The molecule has 11 heavy (non-hydrogen) atoms. The van der Waals surface area contributed by atoms with Gasteiger partial charge in [0.05, 0.1) is 11.2 Å². The Labute approximate surface area is 68.6 Å². The van der Waals surface area contributed by atoms with Crippen molar-refractivity contribution in [2.24, 2.45) is 7.05 Å². The van der Waals surface area contributed by atoms with Crippen molar-refractivity contribution in [3.8, 4) is 0 Å². The van der Waals surface area contributed by atoms with Gasteiger partial charge in [0.25, 0.3) is 0 Å². The standard InChI is InChI=1S/C7H6ClN3/c1-11-7-5(8)2-3-9-6(7)4-10-11/h2-4H,1H3. The lowest BCUT2D eigenvalue weighted by atomic mass is 10.4. The largest absolute Gasteiger partial charge is 0.265 e. The fraction of sp³-hybridized carbons (Fsp3) is 0.143. The van der Waals surface area contributed by atoms with Crippen molar-refractivity contribution < 1.29 is 0 Å². The quantitative estimate of drug-likeness (QED) is 0.597. The van der Waals surface area contributed by atoms with E-state index in [1.807, 2.05) is 7.05 Å². The zero-order chi connectivity index (χ0) is 7.84. The monoisotopic (exact) mass is 167 g/mol. The van der Waals surface area contributed by atoms with Crippen molar-refractivity contribution in [1.82, 2.24) is 14.8 Å². The third-order valence-electron chi connectivity index (χ3n) is 1.58. The smallest absolute Gasteiger partial charge is 0.110 e. The van der Waals surface area contributed by atoms with Crippen LogP contribution in [-0.2, 0) is 7.05 Å². The number of hydrogen-bond acceptors (Lipinski definition) is 2. The summed E-state index contributed by atoms with van der Waals surface area (Å²) in [4.78, 5) is 4.10. The highest BCUT2D eigenvalue weighted by molar-refractivity contribution is 6.34. The Kier molecular flexibility index (Phi) is 1.32. The molecule has 0 aromatic carbocycles. The number of nitrogens with zero attached hydrogens (tertiary/aromatic N) is 3. The Morgan fingerprint density at radius 1 is 1.55 bits per heavy atom. The highest BCUT2D eigenvalue weighted by Crippen LogP contribution is 2.19. The maximum atomic E-state index is 5.90. The summed E-state index contributed by atoms with van der Waals surface area (Å²) in [6, 6.07) is 1.76. The highest BCUT2D eigenvalue weighted by Gasteiger charge is 2.02. The number of halogens is 1. The summed E-state index contributed by atoms with van der Waals surface area (Å²) in [7, 11) is 1.84. The topological polar surface area (TPSA) is 30.7 Å². The maximum Gasteiger partial charge on any atom is 0.110 e. The van der Waals surface area contributed by atoms with Gasteiger partial charge in [-0.2, -0.15) is 5.10 Å². The molecule has 0 fully saturated rings. The van der Waals surface area contributed by atoms with Crippen LogP contribution in [0.4, 0.5) is 0 Å². The third-order valence-corrected chi connectivity index (χ3v) is 1.89. The second-order valence-electron chi connectivity index (χ2n) is 2.29. The Balaban J connectivity index is 2.96. The van der Waals surface area contributed by atoms with E-state index in [1.165, 1.54) is 0 Å². The van der Waals surface area contributed by atoms with Gasteiger partial charge in [0.2, 0.25) is 0 Å². The van der Waals surface area contributed by atoms with E-state index in [4.69, 9.17) is 11.6 Å². The lowest BCUT2D eigenvalue weighted by Gasteiger charge is -1.94. The average molecular weight is 168 g/mol. The van der Waals surface area contributed by atoms with Gasteiger partial charge in [0.1, 0.15) is 11.0 Å². The second-order valence-corrected chi connectivity index (χ2v) is 2.70. The van der Waals surface area contributed by atoms with E-state index in [2.05, 4.69) is 10.1 Å². The summed E-state index contributed by atoms with van der Waals surface area (Å²) >= 11 is 5.90. The molecule has 2 heterocycles. The Hall–Kier alpha value is -1.09. The molecule has 0 aliphatic heterocycles. The Morgan fingerprint density at radius 3 is 3.09 bits per heavy atom. The Morgan fingerprint density at radius 2 is 2.36 bits per heavy atom. The predicted molar refractivity (Wildman–Crippen MR) is 43.5 cm³/mol. The van der Waals surface area contributed by atoms with Crippen LogP contribution < -0.4 is 0 Å². The first-order valence-corrected chi connectivity index (χ1v) is 3.59. The van der Waals surface area contributed by atoms with Gasteiger partial charge in [-0.3, -0.25) is 9.67 Å². The normalized spacial score (nSPS) is 10.7. The molecule has 0 aliphatic rings. The number of fused-ring (bicyclic) bond motifs is 1. The highest BCUT2D eigenvalue weighted by atomic mass is 35.5. The Bertz CT molecular complexity index is 393. The van der Waals surface area contributed by atoms with E-state index in [1.54, 1.807) is 23.1 Å². The lowest BCUT2D eigenvalue weighted by molar-refractivity contribution is 0.797. The molecule has 0 aliphatic carbocycles. The van der Waals surface area contributed by atoms with E-state index in [-0.39, 0.29) is 0 Å². The van der Waals surface area contributed by atoms with E-state index in [9.17, 15) is 0 Å². The third kappa shape index (κ3) is 0.886. The van der Waals surface area contributed by atoms with Crippen LogP contribution in [0.1, 0.15) is 0 Å². The number of aromatic nitrogens is 3. The molecule has 0 radical (unpaired) electrons. The molecular weight excluding hydrogens is 162 g/mol. The minimum Gasteiger partial charge on any atom is -0.265 e. The number of hydrogen-bond donors (Lipinski definition) is 0. The molecule has 0 amide bonds. The summed E-state index contributed by atoms with van der Waals surface area (Å²) in [6.07, 6.45) is 3.37. The lowest BCUT2D eigenvalue weighted by Crippen LogP contribution is -1.89. The summed E-state index contributed by atoms with van der Waals surface area (Å²) in [5, 5.41) is 4.72. The summed E-state index contributed by atoms with van der Waals surface area (Å²) in [5.41, 5.74) is 1.72. The van der Waals surface area contributed by atoms with Crippen LogP contribution >= 0.6 is 11.6 Å². The summed E-state index contributed by atoms with van der Waals surface area (Å²) in [5.74, 6) is 0. The molecule has 4 heteroatoms. The fourth-order valence-electron chi connectivity index (χ4n) is 1.06. The van der Waals surface area contributed by atoms with Crippen molar-refractivity contribution in [3.05, 3.63) is 23.5 Å². The summed E-state index contributed by atoms with van der Waals surface area (Å²) in [6.45, 7) is 0. The van der Waals surface area contributed by atoms with Gasteiger partial charge in [-0.1, -0.05) is 11.6 Å². The molecule has 0 bridgehead atoms. The minimum atomic E-state index is 0.690. The van der Waals surface area contributed by atoms with Crippen LogP contribution in [0.15, 0.2) is 18.5 Å². The molecule has 0 unspecified atom stereocenters. The molecule has 0 atom stereocenters. The van der Waals surface area contributed by atoms with Gasteiger partial charge in [-0.25, -0.2) is 0 Å². The molecular formula is C7H6ClN3. The van der Waals surface area contributed by atoms with Crippen molar-refractivity contribution in [1.29, 1.82) is 0 Å². The molecule has 2 aromatic rings. The van der Waals surface area contributed by atoms with Gasteiger partial charge in [0.15, 0.2) is 0 Å². The van der Waals surface area contributed by atoms with E-state index in [0.29, 0.717) is 5.02 Å². The molecule has 0 spiro atoms. The van der Waals surface area contributed by atoms with Crippen molar-refractivity contribution in [2.75, 3.05) is 0 Å². The summed E-state index contributed by atoms with van der Waals surface area (Å²) < 4.78 is 1.71. The van der Waals surface area contributed by atoms with E-state index in [0.717, 1.165) is 11.0 Å². The zero-order valence-electron chi connectivity index (χ0n) is 5.95. The molecule has 0 N–H and O–H groups in total. The van der Waals surface area contributed by atoms with Crippen LogP contribution in [0.25, 0.3) is 11.0 Å². The van der Waals surface area contributed by atoms with Crippen molar-refractivity contribution >= 4 is 22.6 Å². The van der Waals surface area contributed by atoms with Crippen LogP contribution in [-0.4, -0.2) is 14.8 Å². The van der Waals surface area contributed by atoms with Gasteiger partial charge < -0.3 is 0 Å². The fourth-order valence-corrected chi connectivity index (χ4v) is 1.33. The molecule has 2 aromatic heterocycles. The van der Waals surface area contributed by atoms with Gasteiger partial charge in [-0.15, -0.1) is 0 Å². The molecule has 56 valence electrons. The van der Waals surface area contributed by atoms with Gasteiger partial charge in [0, 0.05) is 13.2 Å². The molecule has 0 saturated heterocycles. The first kappa shape index (κ1) is 6.61. The first-order valence-electron chi connectivity index (χ1n) is 3.21. The van der Waals surface area contributed by atoms with Crippen molar-refractivity contribution in [2.45, 2.75) is 0 Å². The molecule has 2 rings (SSSR count). The average Bonchev–Trinajstić information content (AvgIpc) is 2.34. The van der Waals surface area contributed by atoms with Crippen LogP contribution in [0.2, 0.25) is 5.02 Å². The van der Waals surface area contributed by atoms with E-state index >= 15 is 0 Å². The van der Waals surface area contributed by atoms with Crippen LogP contribution in [0.3, 0.4) is 0 Å². The maximum absolute atomic E-state index is 5.90. The number of pyridine rings is 1. The van der Waals surface area contributed by atoms with Gasteiger partial charge >= 0.3 is 0 Å². The minimum absolute atomic E-state index is 0.690. The first-order chi connectivity index (χ1) is 5.29. The van der Waals surface area contributed by atoms with E-state index < -0.39 is 0 Å². The second kappa shape index (κ2) is 2.20. The molecule has 3 nitrogen and oxygen atoms in total. The van der Waals surface area contributed by atoms with Crippen molar-refractivity contribution in [3.63, 3.8) is 0 Å². The number of rotatable bonds is 0. The molecule has 0 saturated carbocycles. The predicted octanol–water partition coefficient (Wildman–Crippen LogP) is 1.62. The van der Waals surface area contributed by atoms with Gasteiger partial charge in [-0.05, 0) is 6.07 Å². The van der Waals surface area contributed by atoms with Crippen LogP contribution in [0, 0.1) is 0 Å². The number of aryl methyl sites for hydroxylation is 1. The SMILES string of the molecule is Cn1ncc2nccc(Cl)c21. The van der Waals surface area contributed by atoms with Crippen LogP contribution in [0.5, 0.6) is 0 Å².